The number of thioether (sulfide) groups is 1. The number of hydrogen-bond acceptors (Lipinski definition) is 3. The van der Waals surface area contributed by atoms with Crippen molar-refractivity contribution in [1.82, 2.24) is 10.6 Å². The van der Waals surface area contributed by atoms with E-state index in [1.54, 1.807) is 7.05 Å². The molecule has 2 N–H and O–H groups in total. The van der Waals surface area contributed by atoms with Crippen LogP contribution in [-0.4, -0.2) is 37.0 Å². The minimum Gasteiger partial charge on any atom is -0.354 e. The summed E-state index contributed by atoms with van der Waals surface area (Å²) in [6.45, 7) is 1.27. The largest absolute Gasteiger partial charge is 0.354 e. The van der Waals surface area contributed by atoms with Gasteiger partial charge >= 0.3 is 0 Å². The highest BCUT2D eigenvalue weighted by Crippen LogP contribution is 2.24. The Balaban J connectivity index is 2.06. The number of rotatable bonds is 4. The molecule has 1 amide bonds. The molecule has 1 heterocycles. The van der Waals surface area contributed by atoms with Gasteiger partial charge in [-0.3, -0.25) is 4.79 Å². The number of likely N-dealkylation sites (N-methyl/N-ethyl adjacent to an activating group) is 1. The first-order valence-electron chi connectivity index (χ1n) is 4.86. The molecule has 1 aliphatic heterocycles. The first kappa shape index (κ1) is 10.9. The number of amides is 1. The summed E-state index contributed by atoms with van der Waals surface area (Å²) < 4.78 is 0. The van der Waals surface area contributed by atoms with Gasteiger partial charge in [0.15, 0.2) is 0 Å². The van der Waals surface area contributed by atoms with E-state index >= 15 is 0 Å². The molecule has 1 fully saturated rings. The quantitative estimate of drug-likeness (QED) is 0.702. The SMILES string of the molecule is CNCC(=O)NCC1CCCCS1. The van der Waals surface area contributed by atoms with E-state index in [0.717, 1.165) is 6.54 Å². The summed E-state index contributed by atoms with van der Waals surface area (Å²) in [6, 6.07) is 0. The van der Waals surface area contributed by atoms with Gasteiger partial charge in [-0.15, -0.1) is 0 Å². The summed E-state index contributed by atoms with van der Waals surface area (Å²) in [5.41, 5.74) is 0. The topological polar surface area (TPSA) is 41.1 Å². The van der Waals surface area contributed by atoms with Crippen molar-refractivity contribution in [2.45, 2.75) is 24.5 Å². The molecule has 1 saturated heterocycles. The Morgan fingerprint density at radius 3 is 3.00 bits per heavy atom. The maximum absolute atomic E-state index is 11.1. The molecule has 0 aromatic heterocycles. The van der Waals surface area contributed by atoms with E-state index in [0.29, 0.717) is 11.8 Å². The second-order valence-corrected chi connectivity index (χ2v) is 4.73. The van der Waals surface area contributed by atoms with Gasteiger partial charge < -0.3 is 10.6 Å². The fourth-order valence-electron chi connectivity index (χ4n) is 1.42. The average Bonchev–Trinajstić information content (AvgIpc) is 2.17. The molecule has 0 saturated carbocycles. The van der Waals surface area contributed by atoms with Crippen LogP contribution in [0, 0.1) is 0 Å². The van der Waals surface area contributed by atoms with Crippen LogP contribution >= 0.6 is 11.8 Å². The van der Waals surface area contributed by atoms with E-state index in [-0.39, 0.29) is 5.91 Å². The molecule has 0 radical (unpaired) electrons. The molecule has 0 aromatic rings. The van der Waals surface area contributed by atoms with Gasteiger partial charge in [-0.25, -0.2) is 0 Å². The highest BCUT2D eigenvalue weighted by molar-refractivity contribution is 7.99. The molecular weight excluding hydrogens is 184 g/mol. The van der Waals surface area contributed by atoms with E-state index in [9.17, 15) is 4.79 Å². The zero-order valence-corrected chi connectivity index (χ0v) is 8.95. The van der Waals surface area contributed by atoms with Gasteiger partial charge in [0.2, 0.25) is 5.91 Å². The lowest BCUT2D eigenvalue weighted by Gasteiger charge is -2.21. The molecule has 1 atom stereocenters. The number of carbonyl (C=O) groups is 1. The molecule has 0 aromatic carbocycles. The smallest absolute Gasteiger partial charge is 0.233 e. The third-order valence-corrected chi connectivity index (χ3v) is 3.54. The zero-order chi connectivity index (χ0) is 9.52. The Morgan fingerprint density at radius 1 is 1.54 bits per heavy atom. The van der Waals surface area contributed by atoms with Gasteiger partial charge in [-0.1, -0.05) is 6.42 Å². The lowest BCUT2D eigenvalue weighted by Crippen LogP contribution is -2.36. The molecule has 3 nitrogen and oxygen atoms in total. The van der Waals surface area contributed by atoms with Gasteiger partial charge in [0.1, 0.15) is 0 Å². The fraction of sp³-hybridized carbons (Fsp3) is 0.889. The molecule has 0 aliphatic carbocycles. The Labute approximate surface area is 84.0 Å². The van der Waals surface area contributed by atoms with Crippen molar-refractivity contribution < 1.29 is 4.79 Å². The van der Waals surface area contributed by atoms with Crippen LogP contribution in [0.1, 0.15) is 19.3 Å². The summed E-state index contributed by atoms with van der Waals surface area (Å²) in [5.74, 6) is 1.36. The van der Waals surface area contributed by atoms with Crippen molar-refractivity contribution in [3.05, 3.63) is 0 Å². The van der Waals surface area contributed by atoms with Gasteiger partial charge in [-0.2, -0.15) is 11.8 Å². The number of carbonyl (C=O) groups excluding carboxylic acids is 1. The molecule has 76 valence electrons. The minimum atomic E-state index is 0.105. The van der Waals surface area contributed by atoms with Crippen molar-refractivity contribution in [2.75, 3.05) is 25.9 Å². The molecule has 1 unspecified atom stereocenters. The van der Waals surface area contributed by atoms with Crippen LogP contribution in [0.4, 0.5) is 0 Å². The van der Waals surface area contributed by atoms with Crippen LogP contribution in [0.2, 0.25) is 0 Å². The molecule has 1 rings (SSSR count). The molecule has 0 spiro atoms. The van der Waals surface area contributed by atoms with E-state index < -0.39 is 0 Å². The Kier molecular flexibility index (Phi) is 5.23. The number of hydrogen-bond donors (Lipinski definition) is 2. The standard InChI is InChI=1S/C9H18N2OS/c1-10-7-9(12)11-6-8-4-2-3-5-13-8/h8,10H,2-7H2,1H3,(H,11,12). The van der Waals surface area contributed by atoms with Gasteiger partial charge in [-0.05, 0) is 25.6 Å². The van der Waals surface area contributed by atoms with Gasteiger partial charge in [0.05, 0.1) is 6.54 Å². The zero-order valence-electron chi connectivity index (χ0n) is 8.14. The first-order valence-corrected chi connectivity index (χ1v) is 5.90. The highest BCUT2D eigenvalue weighted by Gasteiger charge is 2.14. The maximum Gasteiger partial charge on any atom is 0.233 e. The third kappa shape index (κ3) is 4.52. The van der Waals surface area contributed by atoms with Crippen molar-refractivity contribution in [2.24, 2.45) is 0 Å². The maximum atomic E-state index is 11.1. The Bertz CT molecular complexity index is 158. The summed E-state index contributed by atoms with van der Waals surface area (Å²) in [5, 5.41) is 6.42. The summed E-state index contributed by atoms with van der Waals surface area (Å²) >= 11 is 1.99. The Hall–Kier alpha value is -0.220. The van der Waals surface area contributed by atoms with Crippen molar-refractivity contribution in [1.29, 1.82) is 0 Å². The van der Waals surface area contributed by atoms with E-state index in [4.69, 9.17) is 0 Å². The van der Waals surface area contributed by atoms with E-state index in [1.165, 1.54) is 25.0 Å². The van der Waals surface area contributed by atoms with Crippen molar-refractivity contribution in [3.63, 3.8) is 0 Å². The van der Waals surface area contributed by atoms with E-state index in [1.807, 2.05) is 11.8 Å². The monoisotopic (exact) mass is 202 g/mol. The predicted molar refractivity (Wildman–Crippen MR) is 57.0 cm³/mol. The van der Waals surface area contributed by atoms with Crippen molar-refractivity contribution in [3.8, 4) is 0 Å². The molecule has 13 heavy (non-hydrogen) atoms. The lowest BCUT2D eigenvalue weighted by atomic mass is 10.2. The average molecular weight is 202 g/mol. The summed E-state index contributed by atoms with van der Waals surface area (Å²) in [7, 11) is 1.79. The highest BCUT2D eigenvalue weighted by atomic mass is 32.2. The van der Waals surface area contributed by atoms with Crippen LogP contribution in [0.5, 0.6) is 0 Å². The predicted octanol–water partition coefficient (Wildman–Crippen LogP) is 0.608. The fourth-order valence-corrected chi connectivity index (χ4v) is 2.66. The van der Waals surface area contributed by atoms with Crippen LogP contribution < -0.4 is 10.6 Å². The Morgan fingerprint density at radius 2 is 2.38 bits per heavy atom. The van der Waals surface area contributed by atoms with Crippen LogP contribution in [-0.2, 0) is 4.79 Å². The van der Waals surface area contributed by atoms with Crippen LogP contribution in [0.15, 0.2) is 0 Å². The van der Waals surface area contributed by atoms with Crippen LogP contribution in [0.3, 0.4) is 0 Å². The minimum absolute atomic E-state index is 0.105. The second-order valence-electron chi connectivity index (χ2n) is 3.32. The lowest BCUT2D eigenvalue weighted by molar-refractivity contribution is -0.120. The molecular formula is C9H18N2OS. The molecule has 0 bridgehead atoms. The first-order chi connectivity index (χ1) is 6.33. The summed E-state index contributed by atoms with van der Waals surface area (Å²) in [4.78, 5) is 11.1. The van der Waals surface area contributed by atoms with Crippen molar-refractivity contribution >= 4 is 17.7 Å². The van der Waals surface area contributed by atoms with Crippen LogP contribution in [0.25, 0.3) is 0 Å². The number of nitrogens with one attached hydrogen (secondary N) is 2. The molecule has 4 heteroatoms. The second kappa shape index (κ2) is 6.27. The third-order valence-electron chi connectivity index (χ3n) is 2.14. The van der Waals surface area contributed by atoms with E-state index in [2.05, 4.69) is 10.6 Å². The summed E-state index contributed by atoms with van der Waals surface area (Å²) in [6.07, 6.45) is 3.91. The normalized spacial score (nSPS) is 22.7. The molecule has 1 aliphatic rings. The van der Waals surface area contributed by atoms with Gasteiger partial charge in [0.25, 0.3) is 0 Å². The van der Waals surface area contributed by atoms with Gasteiger partial charge in [0, 0.05) is 11.8 Å².